The predicted molar refractivity (Wildman–Crippen MR) is 137 cm³/mol. The summed E-state index contributed by atoms with van der Waals surface area (Å²) < 4.78 is 8.07. The number of anilines is 1. The summed E-state index contributed by atoms with van der Waals surface area (Å²) >= 11 is 5.34. The Labute approximate surface area is 193 Å². The number of ether oxygens (including phenoxy) is 1. The molecule has 0 aliphatic carbocycles. The first-order valence-electron chi connectivity index (χ1n) is 10.6. The Morgan fingerprint density at radius 3 is 2.56 bits per heavy atom. The van der Waals surface area contributed by atoms with Crippen LogP contribution in [0.4, 0.5) is 5.69 Å². The van der Waals surface area contributed by atoms with E-state index in [0.717, 1.165) is 35.4 Å². The van der Waals surface area contributed by atoms with Crippen LogP contribution in [0.2, 0.25) is 0 Å². The molecule has 4 aromatic rings. The summed E-state index contributed by atoms with van der Waals surface area (Å²) in [5, 5.41) is 9.07. The fraction of sp³-hybridized carbons (Fsp3) is 0.154. The quantitative estimate of drug-likeness (QED) is 0.158. The third kappa shape index (κ3) is 5.74. The Balaban J connectivity index is 1.36. The van der Waals surface area contributed by atoms with Crippen LogP contribution in [0.25, 0.3) is 10.9 Å². The number of rotatable bonds is 8. The van der Waals surface area contributed by atoms with Crippen molar-refractivity contribution in [3.63, 3.8) is 0 Å². The molecule has 6 heteroatoms. The summed E-state index contributed by atoms with van der Waals surface area (Å²) in [4.78, 5) is 0. The normalized spacial score (nSPS) is 11.0. The fourth-order valence-electron chi connectivity index (χ4n) is 3.46. The van der Waals surface area contributed by atoms with Gasteiger partial charge in [-0.25, -0.2) is 0 Å². The van der Waals surface area contributed by atoms with Crippen LogP contribution in [0.1, 0.15) is 17.5 Å². The highest BCUT2D eigenvalue weighted by atomic mass is 32.1. The molecule has 0 saturated heterocycles. The second kappa shape index (κ2) is 10.6. The molecule has 32 heavy (non-hydrogen) atoms. The van der Waals surface area contributed by atoms with Crippen LogP contribution < -0.4 is 15.5 Å². The van der Waals surface area contributed by atoms with Gasteiger partial charge in [-0.3, -0.25) is 5.43 Å². The number of benzene rings is 3. The monoisotopic (exact) mass is 442 g/mol. The molecule has 0 radical (unpaired) electrons. The smallest absolute Gasteiger partial charge is 0.191 e. The van der Waals surface area contributed by atoms with Gasteiger partial charge in [-0.1, -0.05) is 54.1 Å². The molecule has 1 heterocycles. The van der Waals surface area contributed by atoms with Crippen LogP contribution in [0, 0.1) is 6.92 Å². The Morgan fingerprint density at radius 1 is 1.00 bits per heavy atom. The van der Waals surface area contributed by atoms with Gasteiger partial charge in [0, 0.05) is 34.9 Å². The molecule has 2 N–H and O–H groups in total. The lowest BCUT2D eigenvalue weighted by molar-refractivity contribution is 0.302. The van der Waals surface area contributed by atoms with E-state index in [9.17, 15) is 0 Å². The second-order valence-corrected chi connectivity index (χ2v) is 7.91. The molecular weight excluding hydrogens is 416 g/mol. The molecule has 0 amide bonds. The van der Waals surface area contributed by atoms with Gasteiger partial charge in [-0.15, -0.1) is 0 Å². The lowest BCUT2D eigenvalue weighted by atomic mass is 10.2. The van der Waals surface area contributed by atoms with E-state index >= 15 is 0 Å². The van der Waals surface area contributed by atoms with Crippen LogP contribution in [0.3, 0.4) is 0 Å². The number of aryl methyl sites for hydroxylation is 2. The summed E-state index contributed by atoms with van der Waals surface area (Å²) in [6.07, 6.45) is 4.84. The zero-order valence-electron chi connectivity index (χ0n) is 18.0. The molecular formula is C26H26N4OS. The number of hydrogen-bond acceptors (Lipinski definition) is 3. The first-order chi connectivity index (χ1) is 15.7. The molecule has 0 fully saturated rings. The SMILES string of the molecule is Cc1ccc(NC(=S)N/N=C\c2cn(CCCOc3ccccc3)c3ccccc23)cc1. The van der Waals surface area contributed by atoms with Gasteiger partial charge in [0.25, 0.3) is 0 Å². The van der Waals surface area contributed by atoms with Crippen molar-refractivity contribution in [1.82, 2.24) is 9.99 Å². The van der Waals surface area contributed by atoms with Gasteiger partial charge < -0.3 is 14.6 Å². The Bertz CT molecular complexity index is 1200. The zero-order valence-corrected chi connectivity index (χ0v) is 18.8. The van der Waals surface area contributed by atoms with Crippen LogP contribution in [0.15, 0.2) is 90.2 Å². The Kier molecular flexibility index (Phi) is 7.15. The van der Waals surface area contributed by atoms with Crippen molar-refractivity contribution in [3.05, 3.63) is 96.2 Å². The number of thiocarbonyl (C=S) groups is 1. The van der Waals surface area contributed by atoms with Crippen molar-refractivity contribution in [2.24, 2.45) is 5.10 Å². The maximum Gasteiger partial charge on any atom is 0.191 e. The van der Waals surface area contributed by atoms with E-state index in [1.807, 2.05) is 66.9 Å². The minimum absolute atomic E-state index is 0.451. The van der Waals surface area contributed by atoms with Crippen LogP contribution in [-0.4, -0.2) is 22.5 Å². The average molecular weight is 443 g/mol. The van der Waals surface area contributed by atoms with Gasteiger partial charge in [0.1, 0.15) is 5.75 Å². The standard InChI is InChI=1S/C26H26N4OS/c1-20-12-14-22(15-13-20)28-26(32)29-27-18-21-19-30(25-11-6-5-10-24(21)25)16-7-17-31-23-8-3-2-4-9-23/h2-6,8-15,18-19H,7,16-17H2,1H3,(H2,28,29,32)/b27-18-. The minimum Gasteiger partial charge on any atom is -0.494 e. The average Bonchev–Trinajstić information content (AvgIpc) is 3.17. The molecule has 4 rings (SSSR count). The highest BCUT2D eigenvalue weighted by Gasteiger charge is 2.06. The number of nitrogens with zero attached hydrogens (tertiary/aromatic N) is 2. The first-order valence-corrected chi connectivity index (χ1v) is 11.0. The molecule has 162 valence electrons. The van der Waals surface area contributed by atoms with Crippen LogP contribution >= 0.6 is 12.2 Å². The molecule has 5 nitrogen and oxygen atoms in total. The molecule has 0 unspecified atom stereocenters. The second-order valence-electron chi connectivity index (χ2n) is 7.50. The van der Waals surface area contributed by atoms with E-state index in [2.05, 4.69) is 51.7 Å². The molecule has 0 aliphatic rings. The molecule has 0 saturated carbocycles. The van der Waals surface area contributed by atoms with Crippen molar-refractivity contribution >= 4 is 40.1 Å². The number of fused-ring (bicyclic) bond motifs is 1. The number of para-hydroxylation sites is 2. The van der Waals surface area contributed by atoms with E-state index in [1.54, 1.807) is 0 Å². The summed E-state index contributed by atoms with van der Waals surface area (Å²) in [6.45, 7) is 3.58. The third-order valence-electron chi connectivity index (χ3n) is 5.05. The molecule has 0 aliphatic heterocycles. The maximum absolute atomic E-state index is 5.82. The van der Waals surface area contributed by atoms with Gasteiger partial charge in [0.2, 0.25) is 0 Å². The molecule has 0 bridgehead atoms. The van der Waals surface area contributed by atoms with Crippen molar-refractivity contribution in [2.45, 2.75) is 19.9 Å². The van der Waals surface area contributed by atoms with Crippen LogP contribution in [0.5, 0.6) is 5.75 Å². The lowest BCUT2D eigenvalue weighted by Crippen LogP contribution is -2.23. The van der Waals surface area contributed by atoms with E-state index in [0.29, 0.717) is 11.7 Å². The summed E-state index contributed by atoms with van der Waals surface area (Å²) in [5.41, 5.74) is 7.24. The number of aromatic nitrogens is 1. The van der Waals surface area contributed by atoms with Crippen molar-refractivity contribution in [1.29, 1.82) is 0 Å². The lowest BCUT2D eigenvalue weighted by Gasteiger charge is -2.07. The maximum atomic E-state index is 5.82. The van der Waals surface area contributed by atoms with Crippen LogP contribution in [-0.2, 0) is 6.54 Å². The molecule has 0 atom stereocenters. The molecule has 1 aromatic heterocycles. The topological polar surface area (TPSA) is 50.6 Å². The Morgan fingerprint density at radius 2 is 1.75 bits per heavy atom. The van der Waals surface area contributed by atoms with E-state index in [-0.39, 0.29) is 0 Å². The molecule has 0 spiro atoms. The highest BCUT2D eigenvalue weighted by Crippen LogP contribution is 2.20. The summed E-state index contributed by atoms with van der Waals surface area (Å²) in [5.74, 6) is 0.902. The van der Waals surface area contributed by atoms with Crippen molar-refractivity contribution in [2.75, 3.05) is 11.9 Å². The number of hydrogen-bond donors (Lipinski definition) is 2. The first kappa shape index (κ1) is 21.6. The predicted octanol–water partition coefficient (Wildman–Crippen LogP) is 5.74. The zero-order chi connectivity index (χ0) is 22.2. The Hall–Kier alpha value is -3.64. The van der Waals surface area contributed by atoms with Gasteiger partial charge in [-0.05, 0) is 55.9 Å². The largest absolute Gasteiger partial charge is 0.494 e. The van der Waals surface area contributed by atoms with Crippen molar-refractivity contribution in [3.8, 4) is 5.75 Å². The summed E-state index contributed by atoms with van der Waals surface area (Å²) in [7, 11) is 0. The minimum atomic E-state index is 0.451. The summed E-state index contributed by atoms with van der Waals surface area (Å²) in [6, 6.07) is 26.3. The fourth-order valence-corrected chi connectivity index (χ4v) is 3.63. The van der Waals surface area contributed by atoms with Gasteiger partial charge in [0.15, 0.2) is 5.11 Å². The van der Waals surface area contributed by atoms with Gasteiger partial charge in [0.05, 0.1) is 12.8 Å². The number of hydrazone groups is 1. The third-order valence-corrected chi connectivity index (χ3v) is 5.25. The highest BCUT2D eigenvalue weighted by molar-refractivity contribution is 7.80. The van der Waals surface area contributed by atoms with Crippen molar-refractivity contribution < 1.29 is 4.74 Å². The number of nitrogens with one attached hydrogen (secondary N) is 2. The molecule has 3 aromatic carbocycles. The van der Waals surface area contributed by atoms with E-state index in [4.69, 9.17) is 17.0 Å². The van der Waals surface area contributed by atoms with Gasteiger partial charge in [-0.2, -0.15) is 5.10 Å². The van der Waals surface area contributed by atoms with E-state index < -0.39 is 0 Å². The van der Waals surface area contributed by atoms with Gasteiger partial charge >= 0.3 is 0 Å². The van der Waals surface area contributed by atoms with E-state index in [1.165, 1.54) is 11.1 Å².